The van der Waals surface area contributed by atoms with Crippen molar-refractivity contribution in [1.82, 2.24) is 14.8 Å². The zero-order valence-corrected chi connectivity index (χ0v) is 14.4. The van der Waals surface area contributed by atoms with Gasteiger partial charge in [0.05, 0.1) is 29.5 Å². The number of nitrogens with zero attached hydrogens (tertiary/aromatic N) is 3. The molecule has 0 saturated heterocycles. The number of hydrogen-bond acceptors (Lipinski definition) is 3. The van der Waals surface area contributed by atoms with Crippen LogP contribution in [0.25, 0.3) is 22.2 Å². The van der Waals surface area contributed by atoms with Crippen LogP contribution in [0.4, 0.5) is 0 Å². The highest BCUT2D eigenvalue weighted by atomic mass is 35.5. The summed E-state index contributed by atoms with van der Waals surface area (Å²) in [5.41, 5.74) is 3.55. The van der Waals surface area contributed by atoms with Crippen LogP contribution >= 0.6 is 11.6 Å². The predicted molar refractivity (Wildman–Crippen MR) is 100 cm³/mol. The molecule has 0 saturated carbocycles. The number of rotatable bonds is 4. The molecule has 0 spiro atoms. The van der Waals surface area contributed by atoms with Crippen LogP contribution in [0, 0.1) is 0 Å². The normalized spacial score (nSPS) is 11.0. The molecule has 128 valence electrons. The summed E-state index contributed by atoms with van der Waals surface area (Å²) >= 11 is 6.00. The molecule has 2 aromatic carbocycles. The SMILES string of the molecule is O=C(O)c1cc(Cl)cc2cnn(Cc3ccc(-c4ccccc4)nc3)c12. The van der Waals surface area contributed by atoms with E-state index in [0.29, 0.717) is 22.5 Å². The molecular weight excluding hydrogens is 350 g/mol. The number of aromatic carboxylic acids is 1. The number of hydrogen-bond donors (Lipinski definition) is 1. The fraction of sp³-hybridized carbons (Fsp3) is 0.0500. The molecule has 5 nitrogen and oxygen atoms in total. The quantitative estimate of drug-likeness (QED) is 0.579. The minimum atomic E-state index is -1.03. The van der Waals surface area contributed by atoms with E-state index in [4.69, 9.17) is 11.6 Å². The van der Waals surface area contributed by atoms with Gasteiger partial charge < -0.3 is 5.11 Å². The smallest absolute Gasteiger partial charge is 0.337 e. The number of pyridine rings is 1. The molecule has 6 heteroatoms. The van der Waals surface area contributed by atoms with E-state index < -0.39 is 5.97 Å². The summed E-state index contributed by atoms with van der Waals surface area (Å²) in [6, 6.07) is 17.0. The molecular formula is C20H14ClN3O2. The van der Waals surface area contributed by atoms with E-state index in [-0.39, 0.29) is 5.56 Å². The number of aromatic nitrogens is 3. The van der Waals surface area contributed by atoms with Gasteiger partial charge in [0.1, 0.15) is 0 Å². The van der Waals surface area contributed by atoms with Gasteiger partial charge >= 0.3 is 5.97 Å². The van der Waals surface area contributed by atoms with Crippen LogP contribution < -0.4 is 0 Å². The molecule has 2 aromatic heterocycles. The predicted octanol–water partition coefficient (Wildman–Crippen LogP) is 4.50. The van der Waals surface area contributed by atoms with Gasteiger partial charge in [-0.25, -0.2) is 4.79 Å². The highest BCUT2D eigenvalue weighted by Gasteiger charge is 2.15. The Kier molecular flexibility index (Phi) is 4.14. The molecule has 0 radical (unpaired) electrons. The maximum atomic E-state index is 11.6. The Hall–Kier alpha value is -3.18. The summed E-state index contributed by atoms with van der Waals surface area (Å²) in [4.78, 5) is 16.1. The monoisotopic (exact) mass is 363 g/mol. The van der Waals surface area contributed by atoms with Crippen molar-refractivity contribution in [2.45, 2.75) is 6.54 Å². The Bertz CT molecular complexity index is 1090. The standard InChI is InChI=1S/C20H14ClN3O2/c21-16-8-15-11-23-24(19(15)17(9-16)20(25)26)12-13-6-7-18(22-10-13)14-4-2-1-3-5-14/h1-11H,12H2,(H,25,26). The van der Waals surface area contributed by atoms with Gasteiger partial charge in [-0.2, -0.15) is 5.10 Å². The van der Waals surface area contributed by atoms with Crippen LogP contribution in [-0.4, -0.2) is 25.8 Å². The summed E-state index contributed by atoms with van der Waals surface area (Å²) in [6.07, 6.45) is 3.41. The van der Waals surface area contributed by atoms with Crippen molar-refractivity contribution in [2.24, 2.45) is 0 Å². The number of halogens is 1. The summed E-state index contributed by atoms with van der Waals surface area (Å²) in [7, 11) is 0. The third-order valence-corrected chi connectivity index (χ3v) is 4.37. The average molecular weight is 364 g/mol. The van der Waals surface area contributed by atoms with Crippen LogP contribution in [0.1, 0.15) is 15.9 Å². The molecule has 4 aromatic rings. The molecule has 0 amide bonds. The van der Waals surface area contributed by atoms with E-state index in [2.05, 4.69) is 10.1 Å². The first-order chi connectivity index (χ1) is 12.6. The first-order valence-corrected chi connectivity index (χ1v) is 8.38. The summed E-state index contributed by atoms with van der Waals surface area (Å²) in [5, 5.41) is 14.9. The molecule has 4 rings (SSSR count). The van der Waals surface area contributed by atoms with Crippen molar-refractivity contribution in [3.8, 4) is 11.3 Å². The maximum Gasteiger partial charge on any atom is 0.337 e. The lowest BCUT2D eigenvalue weighted by Crippen LogP contribution is -2.06. The van der Waals surface area contributed by atoms with Gasteiger partial charge in [-0.05, 0) is 23.8 Å². The average Bonchev–Trinajstić information content (AvgIpc) is 3.04. The highest BCUT2D eigenvalue weighted by Crippen LogP contribution is 2.25. The van der Waals surface area contributed by atoms with Crippen LogP contribution in [0.5, 0.6) is 0 Å². The fourth-order valence-electron chi connectivity index (χ4n) is 2.95. The maximum absolute atomic E-state index is 11.6. The zero-order chi connectivity index (χ0) is 18.1. The second-order valence-electron chi connectivity index (χ2n) is 5.92. The molecule has 0 unspecified atom stereocenters. The van der Waals surface area contributed by atoms with Crippen molar-refractivity contribution in [3.63, 3.8) is 0 Å². The lowest BCUT2D eigenvalue weighted by Gasteiger charge is -2.07. The molecule has 0 bridgehead atoms. The van der Waals surface area contributed by atoms with Gasteiger partial charge in [0.25, 0.3) is 0 Å². The van der Waals surface area contributed by atoms with Gasteiger partial charge in [0.15, 0.2) is 0 Å². The van der Waals surface area contributed by atoms with E-state index in [9.17, 15) is 9.90 Å². The number of carboxylic acid groups (broad SMARTS) is 1. The van der Waals surface area contributed by atoms with Gasteiger partial charge in [0, 0.05) is 22.2 Å². The highest BCUT2D eigenvalue weighted by molar-refractivity contribution is 6.32. The fourth-order valence-corrected chi connectivity index (χ4v) is 3.18. The molecule has 0 aliphatic carbocycles. The van der Waals surface area contributed by atoms with Crippen LogP contribution in [0.15, 0.2) is 67.0 Å². The van der Waals surface area contributed by atoms with E-state index in [1.165, 1.54) is 6.07 Å². The molecule has 1 N–H and O–H groups in total. The molecule has 0 fully saturated rings. The van der Waals surface area contributed by atoms with Crippen molar-refractivity contribution >= 4 is 28.5 Å². The van der Waals surface area contributed by atoms with E-state index in [1.807, 2.05) is 42.5 Å². The first kappa shape index (κ1) is 16.3. The van der Waals surface area contributed by atoms with Gasteiger partial charge in [0.2, 0.25) is 0 Å². The van der Waals surface area contributed by atoms with Crippen LogP contribution in [0.2, 0.25) is 5.02 Å². The lowest BCUT2D eigenvalue weighted by molar-refractivity contribution is 0.0698. The second kappa shape index (κ2) is 6.61. The Balaban J connectivity index is 1.69. The van der Waals surface area contributed by atoms with Crippen LogP contribution in [0.3, 0.4) is 0 Å². The summed E-state index contributed by atoms with van der Waals surface area (Å²) < 4.78 is 1.66. The third kappa shape index (κ3) is 3.05. The largest absolute Gasteiger partial charge is 0.478 e. The van der Waals surface area contributed by atoms with E-state index in [1.54, 1.807) is 23.1 Å². The van der Waals surface area contributed by atoms with E-state index in [0.717, 1.165) is 16.8 Å². The number of fused-ring (bicyclic) bond motifs is 1. The minimum Gasteiger partial charge on any atom is -0.478 e. The van der Waals surface area contributed by atoms with Crippen molar-refractivity contribution in [1.29, 1.82) is 0 Å². The van der Waals surface area contributed by atoms with E-state index >= 15 is 0 Å². The Morgan fingerprint density at radius 3 is 2.58 bits per heavy atom. The molecule has 0 aliphatic heterocycles. The third-order valence-electron chi connectivity index (χ3n) is 4.16. The summed E-state index contributed by atoms with van der Waals surface area (Å²) in [5.74, 6) is -1.03. The second-order valence-corrected chi connectivity index (χ2v) is 6.35. The Labute approximate surface area is 154 Å². The minimum absolute atomic E-state index is 0.138. The van der Waals surface area contributed by atoms with Crippen LogP contribution in [-0.2, 0) is 6.54 Å². The number of benzene rings is 2. The zero-order valence-electron chi connectivity index (χ0n) is 13.6. The Morgan fingerprint density at radius 1 is 1.08 bits per heavy atom. The molecule has 26 heavy (non-hydrogen) atoms. The molecule has 0 aliphatic rings. The molecule has 2 heterocycles. The van der Waals surface area contributed by atoms with Crippen molar-refractivity contribution in [3.05, 3.63) is 83.1 Å². The number of carbonyl (C=O) groups is 1. The topological polar surface area (TPSA) is 68.0 Å². The van der Waals surface area contributed by atoms with Gasteiger partial charge in [-0.15, -0.1) is 0 Å². The van der Waals surface area contributed by atoms with Gasteiger partial charge in [-0.3, -0.25) is 9.67 Å². The van der Waals surface area contributed by atoms with Gasteiger partial charge in [-0.1, -0.05) is 48.0 Å². The summed E-state index contributed by atoms with van der Waals surface area (Å²) in [6.45, 7) is 0.424. The Morgan fingerprint density at radius 2 is 1.88 bits per heavy atom. The van der Waals surface area contributed by atoms with Crippen molar-refractivity contribution < 1.29 is 9.90 Å². The molecule has 0 atom stereocenters. The lowest BCUT2D eigenvalue weighted by atomic mass is 10.1. The van der Waals surface area contributed by atoms with Crippen molar-refractivity contribution in [2.75, 3.05) is 0 Å². The number of carboxylic acids is 1. The first-order valence-electron chi connectivity index (χ1n) is 8.00.